The number of carbonyl (C=O) groups is 2. The lowest BCUT2D eigenvalue weighted by Gasteiger charge is -2.13. The molecule has 138 valence electrons. The number of sulfone groups is 1. The summed E-state index contributed by atoms with van der Waals surface area (Å²) in [7, 11) is -0.771. The molecule has 0 aliphatic rings. The van der Waals surface area contributed by atoms with Crippen molar-refractivity contribution in [2.45, 2.75) is 11.8 Å². The first-order valence-electron chi connectivity index (χ1n) is 7.55. The average molecular weight is 377 g/mol. The van der Waals surface area contributed by atoms with Crippen LogP contribution < -0.4 is 10.1 Å². The number of methoxy groups -OCH3 is 2. The van der Waals surface area contributed by atoms with Crippen molar-refractivity contribution < 1.29 is 27.5 Å². The van der Waals surface area contributed by atoms with E-state index in [1.165, 1.54) is 38.5 Å². The monoisotopic (exact) mass is 377 g/mol. The Bertz CT molecular complexity index is 966. The number of carbonyl (C=O) groups excluding carboxylic acids is 2. The molecule has 0 bridgehead atoms. The van der Waals surface area contributed by atoms with E-state index in [4.69, 9.17) is 9.47 Å². The predicted octanol–water partition coefficient (Wildman–Crippen LogP) is 2.45. The number of anilines is 1. The smallest absolute Gasteiger partial charge is 0.340 e. The zero-order valence-corrected chi connectivity index (χ0v) is 15.6. The number of esters is 1. The fourth-order valence-corrected chi connectivity index (χ4v) is 2.95. The summed E-state index contributed by atoms with van der Waals surface area (Å²) >= 11 is 0. The quantitative estimate of drug-likeness (QED) is 0.804. The van der Waals surface area contributed by atoms with E-state index in [0.717, 1.165) is 6.26 Å². The molecule has 2 rings (SSSR count). The number of ether oxygens (including phenoxy) is 2. The number of nitrogens with one attached hydrogen (secondary N) is 1. The molecule has 0 aliphatic carbocycles. The van der Waals surface area contributed by atoms with Gasteiger partial charge in [-0.2, -0.15) is 0 Å². The first-order chi connectivity index (χ1) is 12.2. The van der Waals surface area contributed by atoms with E-state index < -0.39 is 21.7 Å². The van der Waals surface area contributed by atoms with Gasteiger partial charge in [0, 0.05) is 11.8 Å². The van der Waals surface area contributed by atoms with E-state index in [1.807, 2.05) is 0 Å². The Hall–Kier alpha value is -2.87. The molecule has 2 aromatic carbocycles. The molecular weight excluding hydrogens is 358 g/mol. The van der Waals surface area contributed by atoms with Gasteiger partial charge < -0.3 is 14.8 Å². The Balaban J connectivity index is 2.43. The number of hydrogen-bond acceptors (Lipinski definition) is 6. The van der Waals surface area contributed by atoms with Crippen LogP contribution in [-0.2, 0) is 14.6 Å². The van der Waals surface area contributed by atoms with Crippen molar-refractivity contribution in [2.24, 2.45) is 0 Å². The molecule has 7 nitrogen and oxygen atoms in total. The summed E-state index contributed by atoms with van der Waals surface area (Å²) < 4.78 is 33.3. The van der Waals surface area contributed by atoms with E-state index in [0.29, 0.717) is 11.3 Å². The molecule has 0 radical (unpaired) electrons. The molecule has 2 aromatic rings. The van der Waals surface area contributed by atoms with Crippen LogP contribution in [0, 0.1) is 6.92 Å². The molecule has 0 spiro atoms. The summed E-state index contributed by atoms with van der Waals surface area (Å²) in [6, 6.07) is 8.85. The van der Waals surface area contributed by atoms with Crippen LogP contribution in [0.3, 0.4) is 0 Å². The minimum atomic E-state index is -3.45. The summed E-state index contributed by atoms with van der Waals surface area (Å²) in [5, 5.41) is 2.62. The van der Waals surface area contributed by atoms with Gasteiger partial charge in [-0.1, -0.05) is 6.07 Å². The summed E-state index contributed by atoms with van der Waals surface area (Å²) in [5.74, 6) is -0.747. The van der Waals surface area contributed by atoms with Crippen molar-refractivity contribution in [1.82, 2.24) is 0 Å². The van der Waals surface area contributed by atoms with Crippen LogP contribution in [0.15, 0.2) is 41.3 Å². The van der Waals surface area contributed by atoms with Gasteiger partial charge in [-0.25, -0.2) is 13.2 Å². The predicted molar refractivity (Wildman–Crippen MR) is 96.6 cm³/mol. The molecule has 0 unspecified atom stereocenters. The largest absolute Gasteiger partial charge is 0.497 e. The highest BCUT2D eigenvalue weighted by molar-refractivity contribution is 7.90. The Kier molecular flexibility index (Phi) is 5.66. The maximum Gasteiger partial charge on any atom is 0.340 e. The van der Waals surface area contributed by atoms with Crippen LogP contribution in [0.25, 0.3) is 0 Å². The maximum absolute atomic E-state index is 12.6. The average Bonchev–Trinajstić information content (AvgIpc) is 2.60. The second-order valence-electron chi connectivity index (χ2n) is 5.61. The molecule has 0 aliphatic heterocycles. The first kappa shape index (κ1) is 19.5. The van der Waals surface area contributed by atoms with Crippen molar-refractivity contribution in [3.8, 4) is 5.75 Å². The summed E-state index contributed by atoms with van der Waals surface area (Å²) in [4.78, 5) is 24.6. The molecule has 0 fully saturated rings. The van der Waals surface area contributed by atoms with Crippen molar-refractivity contribution in [3.63, 3.8) is 0 Å². The summed E-state index contributed by atoms with van der Waals surface area (Å²) in [6.07, 6.45) is 1.07. The third-order valence-electron chi connectivity index (χ3n) is 3.76. The first-order valence-corrected chi connectivity index (χ1v) is 9.45. The highest BCUT2D eigenvalue weighted by Gasteiger charge is 2.18. The molecule has 1 amide bonds. The van der Waals surface area contributed by atoms with Gasteiger partial charge >= 0.3 is 5.97 Å². The van der Waals surface area contributed by atoms with Gasteiger partial charge in [-0.05, 0) is 42.8 Å². The van der Waals surface area contributed by atoms with Gasteiger partial charge in [0.2, 0.25) is 0 Å². The highest BCUT2D eigenvalue weighted by atomic mass is 32.2. The second kappa shape index (κ2) is 7.57. The number of amides is 1. The molecule has 0 aromatic heterocycles. The van der Waals surface area contributed by atoms with Crippen LogP contribution in [-0.4, -0.2) is 40.8 Å². The minimum Gasteiger partial charge on any atom is -0.497 e. The lowest BCUT2D eigenvalue weighted by atomic mass is 10.1. The zero-order valence-electron chi connectivity index (χ0n) is 14.8. The Labute approximate surface area is 151 Å². The van der Waals surface area contributed by atoms with Crippen LogP contribution in [0.4, 0.5) is 5.69 Å². The van der Waals surface area contributed by atoms with E-state index in [9.17, 15) is 18.0 Å². The third-order valence-corrected chi connectivity index (χ3v) is 4.87. The van der Waals surface area contributed by atoms with Gasteiger partial charge in [0.15, 0.2) is 9.84 Å². The van der Waals surface area contributed by atoms with Crippen LogP contribution in [0.2, 0.25) is 0 Å². The topological polar surface area (TPSA) is 98.8 Å². The lowest BCUT2D eigenvalue weighted by molar-refractivity contribution is 0.0601. The van der Waals surface area contributed by atoms with E-state index in [1.54, 1.807) is 19.1 Å². The second-order valence-corrected chi connectivity index (χ2v) is 7.62. The fraction of sp³-hybridized carbons (Fsp3) is 0.222. The molecule has 1 N–H and O–H groups in total. The van der Waals surface area contributed by atoms with Crippen LogP contribution in [0.5, 0.6) is 5.75 Å². The van der Waals surface area contributed by atoms with E-state index in [-0.39, 0.29) is 21.7 Å². The number of benzene rings is 2. The van der Waals surface area contributed by atoms with Crippen molar-refractivity contribution in [1.29, 1.82) is 0 Å². The third kappa shape index (κ3) is 4.20. The number of aryl methyl sites for hydroxylation is 1. The van der Waals surface area contributed by atoms with E-state index in [2.05, 4.69) is 5.32 Å². The van der Waals surface area contributed by atoms with Crippen LogP contribution >= 0.6 is 0 Å². The molecule has 0 saturated carbocycles. The number of rotatable bonds is 5. The maximum atomic E-state index is 12.6. The Morgan fingerprint density at radius 2 is 1.69 bits per heavy atom. The van der Waals surface area contributed by atoms with Gasteiger partial charge in [-0.3, -0.25) is 4.79 Å². The molecule has 0 saturated heterocycles. The standard InChI is InChI=1S/C18H19NO6S/c1-11-5-7-13(26(4,22)23)10-14(11)17(20)19-16-8-6-12(24-2)9-15(16)18(21)25-3/h5-10H,1-4H3,(H,19,20). The fourth-order valence-electron chi connectivity index (χ4n) is 2.30. The molecule has 0 heterocycles. The van der Waals surface area contributed by atoms with Crippen LogP contribution in [0.1, 0.15) is 26.3 Å². The molecule has 26 heavy (non-hydrogen) atoms. The van der Waals surface area contributed by atoms with E-state index >= 15 is 0 Å². The molecule has 8 heteroatoms. The van der Waals surface area contributed by atoms with Gasteiger partial charge in [0.25, 0.3) is 5.91 Å². The van der Waals surface area contributed by atoms with Gasteiger partial charge in [0.05, 0.1) is 30.4 Å². The highest BCUT2D eigenvalue weighted by Crippen LogP contribution is 2.24. The van der Waals surface area contributed by atoms with Crippen molar-refractivity contribution in [2.75, 3.05) is 25.8 Å². The van der Waals surface area contributed by atoms with Crippen molar-refractivity contribution in [3.05, 3.63) is 53.1 Å². The Morgan fingerprint density at radius 1 is 1.00 bits per heavy atom. The minimum absolute atomic E-state index is 0.0381. The zero-order chi connectivity index (χ0) is 19.5. The van der Waals surface area contributed by atoms with Gasteiger partial charge in [-0.15, -0.1) is 0 Å². The SMILES string of the molecule is COC(=O)c1cc(OC)ccc1NC(=O)c1cc(S(C)(=O)=O)ccc1C. The summed E-state index contributed by atoms with van der Waals surface area (Å²) in [5.41, 5.74) is 1.14. The number of hydrogen-bond donors (Lipinski definition) is 1. The molecular formula is C18H19NO6S. The van der Waals surface area contributed by atoms with Gasteiger partial charge in [0.1, 0.15) is 5.75 Å². The summed E-state index contributed by atoms with van der Waals surface area (Å²) in [6.45, 7) is 1.69. The van der Waals surface area contributed by atoms with Crippen molar-refractivity contribution >= 4 is 27.4 Å². The molecule has 0 atom stereocenters. The Morgan fingerprint density at radius 3 is 2.27 bits per heavy atom. The normalized spacial score (nSPS) is 10.9. The lowest BCUT2D eigenvalue weighted by Crippen LogP contribution is -2.17.